The van der Waals surface area contributed by atoms with Crippen LogP contribution in [0.3, 0.4) is 0 Å². The highest BCUT2D eigenvalue weighted by Gasteiger charge is 2.03. The van der Waals surface area contributed by atoms with Crippen LogP contribution in [0.25, 0.3) is 0 Å². The molecule has 2 amide bonds. The summed E-state index contributed by atoms with van der Waals surface area (Å²) in [6, 6.07) is 9.65. The SMILES string of the molecule is COCCNC(=O)CNCC(=O)NCc1ccccc1. The molecule has 0 atom stereocenters. The fourth-order valence-electron chi connectivity index (χ4n) is 1.50. The molecule has 0 aliphatic heterocycles. The third kappa shape index (κ3) is 7.50. The lowest BCUT2D eigenvalue weighted by atomic mass is 10.2. The molecule has 0 aliphatic rings. The fraction of sp³-hybridized carbons (Fsp3) is 0.429. The largest absolute Gasteiger partial charge is 0.383 e. The first kappa shape index (κ1) is 16.1. The molecular formula is C14H21N3O3. The van der Waals surface area contributed by atoms with E-state index in [2.05, 4.69) is 16.0 Å². The van der Waals surface area contributed by atoms with Gasteiger partial charge in [-0.25, -0.2) is 0 Å². The van der Waals surface area contributed by atoms with Crippen molar-refractivity contribution in [3.63, 3.8) is 0 Å². The third-order valence-electron chi connectivity index (χ3n) is 2.53. The van der Waals surface area contributed by atoms with E-state index >= 15 is 0 Å². The maximum atomic E-state index is 11.5. The van der Waals surface area contributed by atoms with Crippen LogP contribution >= 0.6 is 0 Å². The number of amides is 2. The van der Waals surface area contributed by atoms with Crippen LogP contribution < -0.4 is 16.0 Å². The van der Waals surface area contributed by atoms with E-state index in [9.17, 15) is 9.59 Å². The van der Waals surface area contributed by atoms with Crippen molar-refractivity contribution in [2.24, 2.45) is 0 Å². The molecule has 0 saturated carbocycles. The summed E-state index contributed by atoms with van der Waals surface area (Å²) in [5, 5.41) is 8.21. The van der Waals surface area contributed by atoms with Crippen LogP contribution in [0.5, 0.6) is 0 Å². The molecule has 1 rings (SSSR count). The Kier molecular flexibility index (Phi) is 8.02. The lowest BCUT2D eigenvalue weighted by Gasteiger charge is -2.07. The Morgan fingerprint density at radius 1 is 1.05 bits per heavy atom. The highest BCUT2D eigenvalue weighted by molar-refractivity contribution is 5.81. The van der Waals surface area contributed by atoms with E-state index < -0.39 is 0 Å². The zero-order valence-electron chi connectivity index (χ0n) is 11.6. The molecule has 110 valence electrons. The molecule has 3 N–H and O–H groups in total. The van der Waals surface area contributed by atoms with Crippen molar-refractivity contribution >= 4 is 11.8 Å². The predicted molar refractivity (Wildman–Crippen MR) is 76.0 cm³/mol. The second kappa shape index (κ2) is 9.94. The number of rotatable bonds is 9. The number of benzene rings is 1. The van der Waals surface area contributed by atoms with Crippen LogP contribution in [0.1, 0.15) is 5.56 Å². The Labute approximate surface area is 118 Å². The van der Waals surface area contributed by atoms with E-state index in [1.54, 1.807) is 7.11 Å². The van der Waals surface area contributed by atoms with E-state index in [1.807, 2.05) is 30.3 Å². The molecule has 0 unspecified atom stereocenters. The highest BCUT2D eigenvalue weighted by Crippen LogP contribution is 1.96. The minimum Gasteiger partial charge on any atom is -0.383 e. The highest BCUT2D eigenvalue weighted by atomic mass is 16.5. The lowest BCUT2D eigenvalue weighted by molar-refractivity contribution is -0.121. The maximum absolute atomic E-state index is 11.5. The van der Waals surface area contributed by atoms with Crippen LogP contribution in [0.15, 0.2) is 30.3 Å². The Morgan fingerprint density at radius 2 is 1.70 bits per heavy atom. The van der Waals surface area contributed by atoms with Crippen molar-refractivity contribution < 1.29 is 14.3 Å². The molecule has 20 heavy (non-hydrogen) atoms. The van der Waals surface area contributed by atoms with Gasteiger partial charge in [-0.1, -0.05) is 30.3 Å². The van der Waals surface area contributed by atoms with E-state index in [-0.39, 0.29) is 24.9 Å². The maximum Gasteiger partial charge on any atom is 0.234 e. The predicted octanol–water partition coefficient (Wildman–Crippen LogP) is -0.345. The quantitative estimate of drug-likeness (QED) is 0.540. The number of hydrogen-bond acceptors (Lipinski definition) is 4. The van der Waals surface area contributed by atoms with Crippen molar-refractivity contribution in [1.29, 1.82) is 0 Å². The minimum atomic E-state index is -0.155. The molecule has 6 heteroatoms. The van der Waals surface area contributed by atoms with Crippen molar-refractivity contribution in [2.45, 2.75) is 6.54 Å². The first-order valence-electron chi connectivity index (χ1n) is 6.49. The van der Waals surface area contributed by atoms with Crippen LogP contribution in [0.2, 0.25) is 0 Å². The van der Waals surface area contributed by atoms with Gasteiger partial charge in [-0.05, 0) is 5.56 Å². The van der Waals surface area contributed by atoms with Gasteiger partial charge in [0.2, 0.25) is 11.8 Å². The smallest absolute Gasteiger partial charge is 0.234 e. The summed E-state index contributed by atoms with van der Waals surface area (Å²) in [5.74, 6) is -0.295. The van der Waals surface area contributed by atoms with E-state index in [1.165, 1.54) is 0 Å². The molecule has 0 heterocycles. The van der Waals surface area contributed by atoms with E-state index in [4.69, 9.17) is 4.74 Å². The summed E-state index contributed by atoms with van der Waals surface area (Å²) < 4.78 is 4.81. The van der Waals surface area contributed by atoms with Gasteiger partial charge in [-0.15, -0.1) is 0 Å². The number of ether oxygens (including phenoxy) is 1. The molecule has 0 spiro atoms. The van der Waals surface area contributed by atoms with Crippen molar-refractivity contribution in [3.05, 3.63) is 35.9 Å². The van der Waals surface area contributed by atoms with Gasteiger partial charge >= 0.3 is 0 Å². The number of methoxy groups -OCH3 is 1. The Balaban J connectivity index is 2.07. The van der Waals surface area contributed by atoms with Gasteiger partial charge in [0.15, 0.2) is 0 Å². The van der Waals surface area contributed by atoms with Crippen molar-refractivity contribution in [3.8, 4) is 0 Å². The summed E-state index contributed by atoms with van der Waals surface area (Å²) >= 11 is 0. The Morgan fingerprint density at radius 3 is 2.35 bits per heavy atom. The van der Waals surface area contributed by atoms with Gasteiger partial charge in [0, 0.05) is 20.2 Å². The number of nitrogens with one attached hydrogen (secondary N) is 3. The van der Waals surface area contributed by atoms with Gasteiger partial charge in [-0.2, -0.15) is 0 Å². The standard InChI is InChI=1S/C14H21N3O3/c1-20-8-7-16-13(18)10-15-11-14(19)17-9-12-5-3-2-4-6-12/h2-6,15H,7-11H2,1H3,(H,16,18)(H,17,19). The second-order valence-corrected chi connectivity index (χ2v) is 4.21. The summed E-state index contributed by atoms with van der Waals surface area (Å²) in [6.45, 7) is 1.66. The van der Waals surface area contributed by atoms with Crippen LogP contribution in [0, 0.1) is 0 Å². The number of carbonyl (C=O) groups excluding carboxylic acids is 2. The van der Waals surface area contributed by atoms with E-state index in [0.717, 1.165) is 5.56 Å². The van der Waals surface area contributed by atoms with Crippen molar-refractivity contribution in [2.75, 3.05) is 33.4 Å². The number of hydrogen-bond donors (Lipinski definition) is 3. The molecule has 6 nitrogen and oxygen atoms in total. The molecule has 0 aromatic heterocycles. The molecule has 0 saturated heterocycles. The Bertz CT molecular complexity index is 409. The monoisotopic (exact) mass is 279 g/mol. The molecule has 0 aliphatic carbocycles. The van der Waals surface area contributed by atoms with Gasteiger partial charge in [0.25, 0.3) is 0 Å². The minimum absolute atomic E-state index is 0.114. The fourth-order valence-corrected chi connectivity index (χ4v) is 1.50. The molecule has 0 bridgehead atoms. The number of carbonyl (C=O) groups is 2. The molecule has 1 aromatic rings. The zero-order chi connectivity index (χ0) is 14.6. The van der Waals surface area contributed by atoms with Crippen LogP contribution in [-0.2, 0) is 20.9 Å². The average molecular weight is 279 g/mol. The summed E-state index contributed by atoms with van der Waals surface area (Å²) in [5.41, 5.74) is 1.04. The van der Waals surface area contributed by atoms with Crippen molar-refractivity contribution in [1.82, 2.24) is 16.0 Å². The van der Waals surface area contributed by atoms with Gasteiger partial charge in [0.05, 0.1) is 19.7 Å². The second-order valence-electron chi connectivity index (χ2n) is 4.21. The van der Waals surface area contributed by atoms with Gasteiger partial charge < -0.3 is 15.4 Å². The lowest BCUT2D eigenvalue weighted by Crippen LogP contribution is -2.40. The summed E-state index contributed by atoms with van der Waals surface area (Å²) in [7, 11) is 1.57. The molecule has 1 aromatic carbocycles. The van der Waals surface area contributed by atoms with Gasteiger partial charge in [0.1, 0.15) is 0 Å². The van der Waals surface area contributed by atoms with Gasteiger partial charge in [-0.3, -0.25) is 14.9 Å². The van der Waals surface area contributed by atoms with E-state index in [0.29, 0.717) is 19.7 Å². The summed E-state index contributed by atoms with van der Waals surface area (Å²) in [6.07, 6.45) is 0. The molecular weight excluding hydrogens is 258 g/mol. The topological polar surface area (TPSA) is 79.5 Å². The van der Waals surface area contributed by atoms with Crippen LogP contribution in [-0.4, -0.2) is 45.2 Å². The molecule has 0 radical (unpaired) electrons. The van der Waals surface area contributed by atoms with Crippen LogP contribution in [0.4, 0.5) is 0 Å². The Hall–Kier alpha value is -1.92. The summed E-state index contributed by atoms with van der Waals surface area (Å²) in [4.78, 5) is 22.9. The normalized spacial score (nSPS) is 10.1. The first-order valence-corrected chi connectivity index (χ1v) is 6.49. The zero-order valence-corrected chi connectivity index (χ0v) is 11.6. The third-order valence-corrected chi connectivity index (χ3v) is 2.53. The first-order chi connectivity index (χ1) is 9.72. The average Bonchev–Trinajstić information content (AvgIpc) is 2.46. The molecule has 0 fully saturated rings.